The summed E-state index contributed by atoms with van der Waals surface area (Å²) in [7, 11) is 2.18. The SMILES string of the molecule is CCOc1ccccc1OCC=CCN1CCN(C)CC1. The van der Waals surface area contributed by atoms with Gasteiger partial charge in [-0.15, -0.1) is 0 Å². The molecule has 0 saturated carbocycles. The van der Waals surface area contributed by atoms with Crippen LogP contribution >= 0.6 is 0 Å². The lowest BCUT2D eigenvalue weighted by Crippen LogP contribution is -2.44. The molecule has 0 aromatic heterocycles. The highest BCUT2D eigenvalue weighted by atomic mass is 16.5. The Hall–Kier alpha value is -1.52. The number of rotatable bonds is 7. The zero-order valence-electron chi connectivity index (χ0n) is 13.1. The Morgan fingerprint density at radius 3 is 2.33 bits per heavy atom. The first-order chi connectivity index (χ1) is 10.3. The van der Waals surface area contributed by atoms with Gasteiger partial charge < -0.3 is 14.4 Å². The zero-order chi connectivity index (χ0) is 14.9. The summed E-state index contributed by atoms with van der Waals surface area (Å²) in [6.45, 7) is 8.83. The minimum absolute atomic E-state index is 0.581. The molecule has 4 nitrogen and oxygen atoms in total. The van der Waals surface area contributed by atoms with E-state index in [0.717, 1.165) is 44.2 Å². The molecular weight excluding hydrogens is 264 g/mol. The van der Waals surface area contributed by atoms with Crippen LogP contribution in [0.1, 0.15) is 6.92 Å². The molecule has 0 amide bonds. The molecule has 0 atom stereocenters. The van der Waals surface area contributed by atoms with Crippen LogP contribution in [0.3, 0.4) is 0 Å². The minimum atomic E-state index is 0.581. The van der Waals surface area contributed by atoms with Crippen molar-refractivity contribution in [2.75, 3.05) is 53.0 Å². The fourth-order valence-corrected chi connectivity index (χ4v) is 2.30. The van der Waals surface area contributed by atoms with E-state index in [-0.39, 0.29) is 0 Å². The third kappa shape index (κ3) is 5.40. The Kier molecular flexibility index (Phi) is 6.57. The Morgan fingerprint density at radius 1 is 1.00 bits per heavy atom. The molecule has 0 unspecified atom stereocenters. The molecule has 1 aliphatic heterocycles. The van der Waals surface area contributed by atoms with E-state index >= 15 is 0 Å². The Labute approximate surface area is 127 Å². The number of hydrogen-bond acceptors (Lipinski definition) is 4. The van der Waals surface area contributed by atoms with Gasteiger partial charge in [-0.2, -0.15) is 0 Å². The van der Waals surface area contributed by atoms with Gasteiger partial charge in [0.15, 0.2) is 11.5 Å². The Bertz CT molecular complexity index is 440. The van der Waals surface area contributed by atoms with Crippen molar-refractivity contribution in [3.8, 4) is 11.5 Å². The smallest absolute Gasteiger partial charge is 0.161 e. The molecule has 0 aliphatic carbocycles. The average Bonchev–Trinajstić information content (AvgIpc) is 2.51. The maximum Gasteiger partial charge on any atom is 0.161 e. The molecule has 116 valence electrons. The second-order valence-electron chi connectivity index (χ2n) is 5.27. The van der Waals surface area contributed by atoms with Crippen LogP contribution in [0.4, 0.5) is 0 Å². The van der Waals surface area contributed by atoms with Crippen molar-refractivity contribution in [3.05, 3.63) is 36.4 Å². The highest BCUT2D eigenvalue weighted by molar-refractivity contribution is 5.39. The number of hydrogen-bond donors (Lipinski definition) is 0. The monoisotopic (exact) mass is 290 g/mol. The van der Waals surface area contributed by atoms with E-state index in [1.165, 1.54) is 0 Å². The van der Waals surface area contributed by atoms with Gasteiger partial charge in [-0.25, -0.2) is 0 Å². The summed E-state index contributed by atoms with van der Waals surface area (Å²) in [5.74, 6) is 1.62. The molecular formula is C17H26N2O2. The highest BCUT2D eigenvalue weighted by Crippen LogP contribution is 2.26. The van der Waals surface area contributed by atoms with Crippen molar-refractivity contribution in [3.63, 3.8) is 0 Å². The minimum Gasteiger partial charge on any atom is -0.490 e. The number of para-hydroxylation sites is 2. The summed E-state index contributed by atoms with van der Waals surface area (Å²) in [4.78, 5) is 4.83. The number of nitrogens with zero attached hydrogens (tertiary/aromatic N) is 2. The first kappa shape index (κ1) is 15.9. The van der Waals surface area contributed by atoms with Crippen molar-refractivity contribution in [1.82, 2.24) is 9.80 Å². The van der Waals surface area contributed by atoms with Gasteiger partial charge in [-0.1, -0.05) is 24.3 Å². The van der Waals surface area contributed by atoms with Crippen molar-refractivity contribution >= 4 is 0 Å². The average molecular weight is 290 g/mol. The van der Waals surface area contributed by atoms with Gasteiger partial charge in [-0.05, 0) is 26.1 Å². The quantitative estimate of drug-likeness (QED) is 0.719. The predicted molar refractivity (Wildman–Crippen MR) is 86.2 cm³/mol. The third-order valence-electron chi connectivity index (χ3n) is 3.61. The first-order valence-corrected chi connectivity index (χ1v) is 7.70. The standard InChI is InChI=1S/C17H26N2O2/c1-3-20-16-8-4-5-9-17(16)21-15-7-6-10-19-13-11-18(2)12-14-19/h4-9H,3,10-15H2,1-2H3. The van der Waals surface area contributed by atoms with Gasteiger partial charge in [0.1, 0.15) is 6.61 Å². The van der Waals surface area contributed by atoms with E-state index in [0.29, 0.717) is 13.2 Å². The van der Waals surface area contributed by atoms with Crippen molar-refractivity contribution < 1.29 is 9.47 Å². The molecule has 21 heavy (non-hydrogen) atoms. The van der Waals surface area contributed by atoms with Gasteiger partial charge in [-0.3, -0.25) is 4.90 Å². The van der Waals surface area contributed by atoms with Crippen LogP contribution in [0.5, 0.6) is 11.5 Å². The number of likely N-dealkylation sites (N-methyl/N-ethyl adjacent to an activating group) is 1. The topological polar surface area (TPSA) is 24.9 Å². The molecule has 1 fully saturated rings. The van der Waals surface area contributed by atoms with E-state index < -0.39 is 0 Å². The van der Waals surface area contributed by atoms with Crippen LogP contribution in [0.25, 0.3) is 0 Å². The third-order valence-corrected chi connectivity index (χ3v) is 3.61. The molecule has 1 aliphatic rings. The lowest BCUT2D eigenvalue weighted by Gasteiger charge is -2.31. The lowest BCUT2D eigenvalue weighted by molar-refractivity contribution is 0.166. The van der Waals surface area contributed by atoms with E-state index in [1.54, 1.807) is 0 Å². The summed E-state index contributed by atoms with van der Waals surface area (Å²) in [5.41, 5.74) is 0. The first-order valence-electron chi connectivity index (χ1n) is 7.70. The van der Waals surface area contributed by atoms with E-state index in [1.807, 2.05) is 31.2 Å². The summed E-state index contributed by atoms with van der Waals surface area (Å²) >= 11 is 0. The van der Waals surface area contributed by atoms with E-state index in [2.05, 4.69) is 29.0 Å². The zero-order valence-corrected chi connectivity index (χ0v) is 13.1. The molecule has 1 aromatic rings. The second kappa shape index (κ2) is 8.70. The van der Waals surface area contributed by atoms with Crippen molar-refractivity contribution in [1.29, 1.82) is 0 Å². The summed E-state index contributed by atoms with van der Waals surface area (Å²) < 4.78 is 11.3. The predicted octanol–water partition coefficient (Wildman–Crippen LogP) is 2.27. The van der Waals surface area contributed by atoms with Gasteiger partial charge in [0.2, 0.25) is 0 Å². The largest absolute Gasteiger partial charge is 0.490 e. The van der Waals surface area contributed by atoms with Crippen LogP contribution in [0.15, 0.2) is 36.4 Å². The number of benzene rings is 1. The van der Waals surface area contributed by atoms with Gasteiger partial charge in [0.25, 0.3) is 0 Å². The van der Waals surface area contributed by atoms with Gasteiger partial charge in [0, 0.05) is 32.7 Å². The number of ether oxygens (including phenoxy) is 2. The molecule has 4 heteroatoms. The molecule has 1 heterocycles. The highest BCUT2D eigenvalue weighted by Gasteiger charge is 2.11. The Morgan fingerprint density at radius 2 is 1.67 bits per heavy atom. The maximum atomic E-state index is 5.76. The van der Waals surface area contributed by atoms with Crippen LogP contribution in [-0.4, -0.2) is 62.8 Å². The molecule has 0 radical (unpaired) electrons. The fraction of sp³-hybridized carbons (Fsp3) is 0.529. The molecule has 1 saturated heterocycles. The van der Waals surface area contributed by atoms with Gasteiger partial charge >= 0.3 is 0 Å². The maximum absolute atomic E-state index is 5.76. The van der Waals surface area contributed by atoms with Crippen LogP contribution in [0, 0.1) is 0 Å². The van der Waals surface area contributed by atoms with E-state index in [9.17, 15) is 0 Å². The summed E-state index contributed by atoms with van der Waals surface area (Å²) in [5, 5.41) is 0. The Balaban J connectivity index is 1.70. The van der Waals surface area contributed by atoms with Crippen LogP contribution < -0.4 is 9.47 Å². The molecule has 2 rings (SSSR count). The van der Waals surface area contributed by atoms with Crippen molar-refractivity contribution in [2.24, 2.45) is 0 Å². The molecule has 1 aromatic carbocycles. The number of piperazine rings is 1. The van der Waals surface area contributed by atoms with Crippen LogP contribution in [0.2, 0.25) is 0 Å². The summed E-state index contributed by atoms with van der Waals surface area (Å²) in [6.07, 6.45) is 4.27. The molecule has 0 spiro atoms. The summed E-state index contributed by atoms with van der Waals surface area (Å²) in [6, 6.07) is 7.80. The second-order valence-corrected chi connectivity index (χ2v) is 5.27. The normalized spacial score (nSPS) is 17.2. The van der Waals surface area contributed by atoms with Gasteiger partial charge in [0.05, 0.1) is 6.61 Å². The molecule has 0 N–H and O–H groups in total. The lowest BCUT2D eigenvalue weighted by atomic mass is 10.3. The van der Waals surface area contributed by atoms with Crippen LogP contribution in [-0.2, 0) is 0 Å². The fourth-order valence-electron chi connectivity index (χ4n) is 2.30. The van der Waals surface area contributed by atoms with Crippen molar-refractivity contribution in [2.45, 2.75) is 6.92 Å². The molecule has 0 bridgehead atoms. The van der Waals surface area contributed by atoms with E-state index in [4.69, 9.17) is 9.47 Å².